The predicted octanol–water partition coefficient (Wildman–Crippen LogP) is 3.68. The van der Waals surface area contributed by atoms with Crippen LogP contribution in [0.5, 0.6) is 0 Å². The number of halogens is 3. The summed E-state index contributed by atoms with van der Waals surface area (Å²) in [5.74, 6) is 0. The zero-order valence-corrected chi connectivity index (χ0v) is 19.5. The molecule has 35 heavy (non-hydrogen) atoms. The lowest BCUT2D eigenvalue weighted by Crippen LogP contribution is -2.42. The number of pyridine rings is 1. The van der Waals surface area contributed by atoms with Gasteiger partial charge in [0, 0.05) is 23.5 Å². The SMILES string of the molecule is CCC(O)(c1cn(Cc2ccn3c(-c4cccc(S(C)(=O)=O)c4)c(C#N)cc3c2)nn1)C(F)(F)F. The summed E-state index contributed by atoms with van der Waals surface area (Å²) in [6.07, 6.45) is -1.66. The minimum absolute atomic E-state index is 0.0765. The van der Waals surface area contributed by atoms with E-state index in [4.69, 9.17) is 0 Å². The summed E-state index contributed by atoms with van der Waals surface area (Å²) in [4.78, 5) is 0.123. The highest BCUT2D eigenvalue weighted by molar-refractivity contribution is 7.90. The molecular formula is C23H20F3N5O3S. The Morgan fingerprint density at radius 3 is 2.54 bits per heavy atom. The molecule has 1 atom stereocenters. The smallest absolute Gasteiger partial charge is 0.375 e. The molecule has 4 aromatic rings. The Morgan fingerprint density at radius 2 is 1.91 bits per heavy atom. The standard InChI is InChI=1S/C23H20F3N5O3S/c1-3-22(32,23(24,25)26)20-14-30(29-28-20)13-15-7-8-31-18(9-15)10-17(12-27)21(31)16-5-4-6-19(11-16)35(2,33)34/h4-11,14,32H,3,13H2,1-2H3. The lowest BCUT2D eigenvalue weighted by Gasteiger charge is -2.26. The fourth-order valence-corrected chi connectivity index (χ4v) is 4.52. The van der Waals surface area contributed by atoms with E-state index in [0.29, 0.717) is 27.9 Å². The van der Waals surface area contributed by atoms with Crippen LogP contribution in [-0.4, -0.2) is 45.4 Å². The number of benzene rings is 1. The molecule has 4 rings (SSSR count). The van der Waals surface area contributed by atoms with E-state index in [1.54, 1.807) is 40.9 Å². The molecule has 0 aliphatic carbocycles. The second kappa shape index (κ2) is 8.51. The third-order valence-corrected chi connectivity index (χ3v) is 6.89. The van der Waals surface area contributed by atoms with Crippen LogP contribution in [0.25, 0.3) is 16.8 Å². The van der Waals surface area contributed by atoms with E-state index in [2.05, 4.69) is 16.4 Å². The number of sulfone groups is 1. The van der Waals surface area contributed by atoms with Crippen LogP contribution in [-0.2, 0) is 22.0 Å². The van der Waals surface area contributed by atoms with E-state index in [0.717, 1.165) is 12.5 Å². The summed E-state index contributed by atoms with van der Waals surface area (Å²) in [7, 11) is -3.45. The average Bonchev–Trinajstić information content (AvgIpc) is 3.41. The summed E-state index contributed by atoms with van der Waals surface area (Å²) < 4.78 is 66.8. The van der Waals surface area contributed by atoms with Gasteiger partial charge in [-0.15, -0.1) is 5.10 Å². The molecule has 182 valence electrons. The monoisotopic (exact) mass is 503 g/mol. The number of hydrogen-bond donors (Lipinski definition) is 1. The lowest BCUT2D eigenvalue weighted by molar-refractivity contribution is -0.269. The van der Waals surface area contributed by atoms with E-state index in [-0.39, 0.29) is 11.4 Å². The van der Waals surface area contributed by atoms with Crippen molar-refractivity contribution in [2.75, 3.05) is 6.26 Å². The minimum atomic E-state index is -4.90. The number of fused-ring (bicyclic) bond motifs is 1. The average molecular weight is 504 g/mol. The predicted molar refractivity (Wildman–Crippen MR) is 120 cm³/mol. The Balaban J connectivity index is 1.71. The molecule has 0 spiro atoms. The number of nitrogens with zero attached hydrogens (tertiary/aromatic N) is 5. The molecule has 0 saturated heterocycles. The van der Waals surface area contributed by atoms with Crippen LogP contribution in [0.2, 0.25) is 0 Å². The van der Waals surface area contributed by atoms with Crippen molar-refractivity contribution in [2.45, 2.75) is 36.6 Å². The fraction of sp³-hybridized carbons (Fsp3) is 0.261. The van der Waals surface area contributed by atoms with E-state index in [1.807, 2.05) is 0 Å². The maximum atomic E-state index is 13.3. The molecule has 0 bridgehead atoms. The van der Waals surface area contributed by atoms with Gasteiger partial charge in [0.2, 0.25) is 5.60 Å². The van der Waals surface area contributed by atoms with Gasteiger partial charge >= 0.3 is 6.18 Å². The highest BCUT2D eigenvalue weighted by Crippen LogP contribution is 2.40. The van der Waals surface area contributed by atoms with Crippen molar-refractivity contribution >= 4 is 15.4 Å². The van der Waals surface area contributed by atoms with Crippen molar-refractivity contribution in [3.05, 3.63) is 71.7 Å². The van der Waals surface area contributed by atoms with Crippen LogP contribution in [0.3, 0.4) is 0 Å². The fourth-order valence-electron chi connectivity index (χ4n) is 3.86. The molecule has 8 nitrogen and oxygen atoms in total. The first kappa shape index (κ1) is 24.4. The number of hydrogen-bond acceptors (Lipinski definition) is 6. The summed E-state index contributed by atoms with van der Waals surface area (Å²) in [6, 6.07) is 13.5. The lowest BCUT2D eigenvalue weighted by atomic mass is 9.96. The van der Waals surface area contributed by atoms with Crippen LogP contribution in [0.15, 0.2) is 59.8 Å². The maximum Gasteiger partial charge on any atom is 0.423 e. The second-order valence-corrected chi connectivity index (χ2v) is 10.2. The number of aliphatic hydroxyl groups is 1. The minimum Gasteiger partial charge on any atom is -0.375 e. The first-order chi connectivity index (χ1) is 16.4. The topological polar surface area (TPSA) is 113 Å². The van der Waals surface area contributed by atoms with Crippen LogP contribution in [0.4, 0.5) is 13.2 Å². The normalized spacial score (nSPS) is 14.1. The quantitative estimate of drug-likeness (QED) is 0.430. The Morgan fingerprint density at radius 1 is 1.17 bits per heavy atom. The van der Waals surface area contributed by atoms with Crippen molar-refractivity contribution in [3.63, 3.8) is 0 Å². The van der Waals surface area contributed by atoms with E-state index >= 15 is 0 Å². The van der Waals surface area contributed by atoms with Gasteiger partial charge < -0.3 is 9.51 Å². The number of nitriles is 1. The van der Waals surface area contributed by atoms with Crippen LogP contribution >= 0.6 is 0 Å². The van der Waals surface area contributed by atoms with Gasteiger partial charge in [0.05, 0.1) is 28.9 Å². The van der Waals surface area contributed by atoms with E-state index in [9.17, 15) is 32.0 Å². The molecule has 1 unspecified atom stereocenters. The van der Waals surface area contributed by atoms with Gasteiger partial charge in [0.15, 0.2) is 9.84 Å². The van der Waals surface area contributed by atoms with Gasteiger partial charge in [-0.2, -0.15) is 18.4 Å². The molecule has 0 amide bonds. The van der Waals surface area contributed by atoms with Crippen molar-refractivity contribution in [3.8, 4) is 17.3 Å². The molecule has 0 radical (unpaired) electrons. The van der Waals surface area contributed by atoms with Crippen LogP contribution in [0.1, 0.15) is 30.2 Å². The number of alkyl halides is 3. The largest absolute Gasteiger partial charge is 0.423 e. The summed E-state index contributed by atoms with van der Waals surface area (Å²) >= 11 is 0. The second-order valence-electron chi connectivity index (χ2n) is 8.16. The van der Waals surface area contributed by atoms with Gasteiger partial charge in [-0.05, 0) is 42.3 Å². The van der Waals surface area contributed by atoms with Gasteiger partial charge in [-0.1, -0.05) is 24.3 Å². The summed E-state index contributed by atoms with van der Waals surface area (Å²) in [5.41, 5.74) is -0.998. The van der Waals surface area contributed by atoms with Crippen LogP contribution < -0.4 is 0 Å². The van der Waals surface area contributed by atoms with Crippen molar-refractivity contribution in [1.29, 1.82) is 5.26 Å². The van der Waals surface area contributed by atoms with Gasteiger partial charge in [-0.25, -0.2) is 13.1 Å². The zero-order chi connectivity index (χ0) is 25.6. The molecule has 3 aromatic heterocycles. The van der Waals surface area contributed by atoms with Crippen molar-refractivity contribution in [1.82, 2.24) is 19.4 Å². The van der Waals surface area contributed by atoms with Crippen LogP contribution in [0, 0.1) is 11.3 Å². The molecule has 1 aromatic carbocycles. The van der Waals surface area contributed by atoms with Gasteiger partial charge in [-0.3, -0.25) is 0 Å². The van der Waals surface area contributed by atoms with Crippen molar-refractivity contribution < 1.29 is 26.7 Å². The Labute approximate surface area is 198 Å². The number of aromatic nitrogens is 4. The third kappa shape index (κ3) is 4.40. The maximum absolute atomic E-state index is 13.3. The molecule has 3 heterocycles. The molecule has 0 fully saturated rings. The highest BCUT2D eigenvalue weighted by atomic mass is 32.2. The number of rotatable bonds is 6. The Kier molecular flexibility index (Phi) is 5.94. The zero-order valence-electron chi connectivity index (χ0n) is 18.7. The molecular weight excluding hydrogens is 483 g/mol. The first-order valence-corrected chi connectivity index (χ1v) is 12.3. The highest BCUT2D eigenvalue weighted by Gasteiger charge is 2.55. The molecule has 12 heteroatoms. The molecule has 1 N–H and O–H groups in total. The third-order valence-electron chi connectivity index (χ3n) is 5.78. The van der Waals surface area contributed by atoms with Gasteiger partial charge in [0.25, 0.3) is 0 Å². The Hall–Kier alpha value is -3.69. The van der Waals surface area contributed by atoms with E-state index < -0.39 is 33.7 Å². The van der Waals surface area contributed by atoms with Gasteiger partial charge in [0.1, 0.15) is 11.8 Å². The molecule has 0 saturated carbocycles. The Bertz CT molecular complexity index is 1570. The summed E-state index contributed by atoms with van der Waals surface area (Å²) in [5, 5.41) is 27.0. The summed E-state index contributed by atoms with van der Waals surface area (Å²) in [6.45, 7) is 1.29. The molecule has 0 aliphatic heterocycles. The first-order valence-electron chi connectivity index (χ1n) is 10.4. The van der Waals surface area contributed by atoms with E-state index in [1.165, 1.54) is 23.7 Å². The molecule has 0 aliphatic rings. The van der Waals surface area contributed by atoms with Crippen molar-refractivity contribution in [2.24, 2.45) is 0 Å².